The summed E-state index contributed by atoms with van der Waals surface area (Å²) < 4.78 is 2.00. The van der Waals surface area contributed by atoms with Gasteiger partial charge < -0.3 is 10.3 Å². The summed E-state index contributed by atoms with van der Waals surface area (Å²) in [4.78, 5) is 1.17. The van der Waals surface area contributed by atoms with Gasteiger partial charge in [0, 0.05) is 18.5 Å². The van der Waals surface area contributed by atoms with Crippen LogP contribution in [-0.4, -0.2) is 14.8 Å². The number of nitrogens with zero attached hydrogens (tertiary/aromatic N) is 3. The van der Waals surface area contributed by atoms with Crippen molar-refractivity contribution in [3.05, 3.63) is 47.8 Å². The average Bonchev–Trinajstić information content (AvgIpc) is 2.79. The minimum Gasteiger partial charge on any atom is -0.326 e. The van der Waals surface area contributed by atoms with Gasteiger partial charge >= 0.3 is 0 Å². The summed E-state index contributed by atoms with van der Waals surface area (Å²) in [6.07, 6.45) is 0. The Morgan fingerprint density at radius 1 is 1.10 bits per heavy atom. The van der Waals surface area contributed by atoms with Gasteiger partial charge in [-0.25, -0.2) is 0 Å². The number of aromatic nitrogens is 3. The van der Waals surface area contributed by atoms with Crippen molar-refractivity contribution in [3.8, 4) is 0 Å². The highest BCUT2D eigenvalue weighted by molar-refractivity contribution is 7.99. The van der Waals surface area contributed by atoms with Crippen LogP contribution in [0.1, 0.15) is 11.4 Å². The molecule has 0 radical (unpaired) electrons. The maximum atomic E-state index is 5.81. The first kappa shape index (κ1) is 13.1. The van der Waals surface area contributed by atoms with Crippen LogP contribution >= 0.6 is 11.8 Å². The molecule has 2 aromatic carbocycles. The average molecular weight is 284 g/mol. The molecule has 0 amide bonds. The zero-order chi connectivity index (χ0) is 14.1. The van der Waals surface area contributed by atoms with Gasteiger partial charge in [-0.2, -0.15) is 0 Å². The SMILES string of the molecule is Cc1nnc(Sc2ccc(CN)c3ccccc23)n1C. The zero-order valence-corrected chi connectivity index (χ0v) is 12.3. The summed E-state index contributed by atoms with van der Waals surface area (Å²) in [5, 5.41) is 11.6. The van der Waals surface area contributed by atoms with E-state index in [1.807, 2.05) is 24.6 Å². The topological polar surface area (TPSA) is 56.7 Å². The van der Waals surface area contributed by atoms with E-state index in [0.29, 0.717) is 6.54 Å². The molecule has 0 aliphatic rings. The maximum absolute atomic E-state index is 5.81. The number of hydrogen-bond acceptors (Lipinski definition) is 4. The van der Waals surface area contributed by atoms with Gasteiger partial charge in [-0.15, -0.1) is 10.2 Å². The molecule has 0 saturated carbocycles. The predicted octanol–water partition coefficient (Wildman–Crippen LogP) is 2.89. The van der Waals surface area contributed by atoms with Crippen LogP contribution in [0.4, 0.5) is 0 Å². The highest BCUT2D eigenvalue weighted by Gasteiger charge is 2.10. The maximum Gasteiger partial charge on any atom is 0.195 e. The van der Waals surface area contributed by atoms with Crippen LogP contribution in [0.5, 0.6) is 0 Å². The third kappa shape index (κ3) is 2.19. The van der Waals surface area contributed by atoms with E-state index in [1.54, 1.807) is 11.8 Å². The second kappa shape index (κ2) is 5.26. The van der Waals surface area contributed by atoms with Crippen LogP contribution in [0.3, 0.4) is 0 Å². The monoisotopic (exact) mass is 284 g/mol. The summed E-state index contributed by atoms with van der Waals surface area (Å²) in [5.41, 5.74) is 6.98. The van der Waals surface area contributed by atoms with Gasteiger partial charge in [-0.1, -0.05) is 30.3 Å². The van der Waals surface area contributed by atoms with Crippen molar-refractivity contribution in [2.45, 2.75) is 23.5 Å². The van der Waals surface area contributed by atoms with Gasteiger partial charge in [-0.05, 0) is 41.1 Å². The molecule has 5 heteroatoms. The third-order valence-corrected chi connectivity index (χ3v) is 4.56. The second-order valence-electron chi connectivity index (χ2n) is 4.66. The first-order valence-electron chi connectivity index (χ1n) is 6.45. The summed E-state index contributed by atoms with van der Waals surface area (Å²) in [7, 11) is 1.98. The minimum absolute atomic E-state index is 0.550. The first-order valence-corrected chi connectivity index (χ1v) is 7.27. The molecule has 0 saturated heterocycles. The van der Waals surface area contributed by atoms with Gasteiger partial charge in [-0.3, -0.25) is 0 Å². The van der Waals surface area contributed by atoms with Gasteiger partial charge in [0.25, 0.3) is 0 Å². The fourth-order valence-corrected chi connectivity index (χ4v) is 3.15. The molecule has 0 bridgehead atoms. The number of aryl methyl sites for hydroxylation is 1. The van der Waals surface area contributed by atoms with Gasteiger partial charge in [0.2, 0.25) is 0 Å². The van der Waals surface area contributed by atoms with Crippen LogP contribution in [0, 0.1) is 6.92 Å². The van der Waals surface area contributed by atoms with Crippen molar-refractivity contribution in [1.29, 1.82) is 0 Å². The van der Waals surface area contributed by atoms with E-state index >= 15 is 0 Å². The van der Waals surface area contributed by atoms with Crippen LogP contribution < -0.4 is 5.73 Å². The minimum atomic E-state index is 0.550. The van der Waals surface area contributed by atoms with E-state index in [-0.39, 0.29) is 0 Å². The zero-order valence-electron chi connectivity index (χ0n) is 11.5. The van der Waals surface area contributed by atoms with Crippen LogP contribution in [0.15, 0.2) is 46.5 Å². The van der Waals surface area contributed by atoms with Crippen molar-refractivity contribution in [2.24, 2.45) is 12.8 Å². The van der Waals surface area contributed by atoms with Crippen LogP contribution in [0.2, 0.25) is 0 Å². The molecule has 1 heterocycles. The Bertz CT molecular complexity index is 764. The lowest BCUT2D eigenvalue weighted by Crippen LogP contribution is -1.98. The van der Waals surface area contributed by atoms with E-state index in [2.05, 4.69) is 40.5 Å². The van der Waals surface area contributed by atoms with Gasteiger partial charge in [0.1, 0.15) is 5.82 Å². The van der Waals surface area contributed by atoms with E-state index in [4.69, 9.17) is 5.73 Å². The van der Waals surface area contributed by atoms with Crippen molar-refractivity contribution in [2.75, 3.05) is 0 Å². The smallest absolute Gasteiger partial charge is 0.195 e. The molecule has 0 fully saturated rings. The molecule has 20 heavy (non-hydrogen) atoms. The molecule has 0 unspecified atom stereocenters. The Morgan fingerprint density at radius 2 is 1.85 bits per heavy atom. The van der Waals surface area contributed by atoms with Gasteiger partial charge in [0.05, 0.1) is 0 Å². The molecule has 4 nitrogen and oxygen atoms in total. The highest BCUT2D eigenvalue weighted by Crippen LogP contribution is 2.33. The lowest BCUT2D eigenvalue weighted by molar-refractivity contribution is 0.766. The van der Waals surface area contributed by atoms with Crippen molar-refractivity contribution in [3.63, 3.8) is 0 Å². The quantitative estimate of drug-likeness (QED) is 0.803. The molecule has 0 atom stereocenters. The van der Waals surface area contributed by atoms with Crippen molar-refractivity contribution in [1.82, 2.24) is 14.8 Å². The molecule has 102 valence electrons. The summed E-state index contributed by atoms with van der Waals surface area (Å²) in [6.45, 7) is 2.50. The number of rotatable bonds is 3. The lowest BCUT2D eigenvalue weighted by Gasteiger charge is -2.09. The number of nitrogens with two attached hydrogens (primary N) is 1. The Hall–Kier alpha value is -1.85. The molecule has 3 rings (SSSR count). The van der Waals surface area contributed by atoms with Crippen molar-refractivity contribution >= 4 is 22.5 Å². The lowest BCUT2D eigenvalue weighted by atomic mass is 10.0. The van der Waals surface area contributed by atoms with Gasteiger partial charge in [0.15, 0.2) is 5.16 Å². The summed E-state index contributed by atoms with van der Waals surface area (Å²) >= 11 is 1.63. The van der Waals surface area contributed by atoms with Crippen molar-refractivity contribution < 1.29 is 0 Å². The van der Waals surface area contributed by atoms with E-state index in [0.717, 1.165) is 11.0 Å². The molecule has 3 aromatic rings. The Morgan fingerprint density at radius 3 is 2.50 bits per heavy atom. The molecule has 0 spiro atoms. The fraction of sp³-hybridized carbons (Fsp3) is 0.200. The number of fused-ring (bicyclic) bond motifs is 1. The predicted molar refractivity (Wildman–Crippen MR) is 81.7 cm³/mol. The number of hydrogen-bond donors (Lipinski definition) is 1. The molecule has 0 aliphatic carbocycles. The Kier molecular flexibility index (Phi) is 3.46. The molecule has 0 aliphatic heterocycles. The van der Waals surface area contributed by atoms with E-state index in [9.17, 15) is 0 Å². The third-order valence-electron chi connectivity index (χ3n) is 3.45. The fourth-order valence-electron chi connectivity index (χ4n) is 2.18. The number of benzene rings is 2. The molecule has 2 N–H and O–H groups in total. The summed E-state index contributed by atoms with van der Waals surface area (Å²) in [6, 6.07) is 12.5. The highest BCUT2D eigenvalue weighted by atomic mass is 32.2. The normalized spacial score (nSPS) is 11.2. The molecular formula is C15H16N4S. The standard InChI is InChI=1S/C15H16N4S/c1-10-17-18-15(19(10)2)20-14-8-7-11(9-16)12-5-3-4-6-13(12)14/h3-8H,9,16H2,1-2H3. The first-order chi connectivity index (χ1) is 9.70. The Labute approximate surface area is 122 Å². The largest absolute Gasteiger partial charge is 0.326 e. The van der Waals surface area contributed by atoms with E-state index in [1.165, 1.54) is 21.2 Å². The Balaban J connectivity index is 2.11. The van der Waals surface area contributed by atoms with E-state index < -0.39 is 0 Å². The molecule has 1 aromatic heterocycles. The summed E-state index contributed by atoms with van der Waals surface area (Å²) in [5.74, 6) is 0.912. The van der Waals surface area contributed by atoms with Crippen LogP contribution in [-0.2, 0) is 13.6 Å². The van der Waals surface area contributed by atoms with Crippen LogP contribution in [0.25, 0.3) is 10.8 Å². The second-order valence-corrected chi connectivity index (χ2v) is 5.67. The molecular weight excluding hydrogens is 268 g/mol.